The molecule has 0 spiro atoms. The predicted octanol–water partition coefficient (Wildman–Crippen LogP) is 8.15. The summed E-state index contributed by atoms with van der Waals surface area (Å²) in [6.45, 7) is 6.50. The van der Waals surface area contributed by atoms with Crippen LogP contribution in [0.1, 0.15) is 130 Å². The van der Waals surface area contributed by atoms with E-state index >= 15 is 0 Å². The van der Waals surface area contributed by atoms with E-state index in [1.54, 1.807) is 0 Å². The number of unbranched alkanes of at least 4 members (excludes halogenated alkanes) is 11. The summed E-state index contributed by atoms with van der Waals surface area (Å²) in [7, 11) is 0. The van der Waals surface area contributed by atoms with Gasteiger partial charge in [-0.3, -0.25) is 0 Å². The minimum absolute atomic E-state index is 0.0544. The third kappa shape index (κ3) is 11.0. The number of carbonyl (C=O) groups excluding carboxylic acids is 1. The summed E-state index contributed by atoms with van der Waals surface area (Å²) in [6.07, 6.45) is 24.1. The number of allylic oxidation sites excluding steroid dienone is 1. The topological polar surface area (TPSA) is 26.3 Å². The van der Waals surface area contributed by atoms with E-state index in [-0.39, 0.29) is 12.1 Å². The zero-order valence-corrected chi connectivity index (χ0v) is 18.6. The minimum Gasteiger partial charge on any atom is -0.459 e. The molecule has 0 aliphatic carbocycles. The Balaban J connectivity index is 2.35. The monoisotopic (exact) mass is 378 g/mol. The molecule has 2 nitrogen and oxygen atoms in total. The highest BCUT2D eigenvalue weighted by atomic mass is 16.5. The van der Waals surface area contributed by atoms with Gasteiger partial charge in [0, 0.05) is 5.57 Å². The molecule has 1 fully saturated rings. The lowest BCUT2D eigenvalue weighted by molar-refractivity contribution is -0.151. The van der Waals surface area contributed by atoms with E-state index < -0.39 is 0 Å². The molecule has 0 amide bonds. The van der Waals surface area contributed by atoms with Crippen LogP contribution in [-0.2, 0) is 9.53 Å². The first-order valence-electron chi connectivity index (χ1n) is 12.1. The van der Waals surface area contributed by atoms with Crippen molar-refractivity contribution in [2.75, 3.05) is 0 Å². The van der Waals surface area contributed by atoms with Crippen LogP contribution in [0.4, 0.5) is 0 Å². The summed E-state index contributed by atoms with van der Waals surface area (Å²) < 4.78 is 5.85. The van der Waals surface area contributed by atoms with E-state index in [0.717, 1.165) is 18.4 Å². The van der Waals surface area contributed by atoms with Gasteiger partial charge in [-0.2, -0.15) is 0 Å². The van der Waals surface area contributed by atoms with Crippen molar-refractivity contribution >= 4 is 5.97 Å². The molecule has 0 aromatic rings. The highest BCUT2D eigenvalue weighted by molar-refractivity contribution is 5.89. The highest BCUT2D eigenvalue weighted by Crippen LogP contribution is 2.31. The fourth-order valence-corrected chi connectivity index (χ4v) is 4.33. The second-order valence-electron chi connectivity index (χ2n) is 8.52. The van der Waals surface area contributed by atoms with Crippen LogP contribution in [0.25, 0.3) is 0 Å². The van der Waals surface area contributed by atoms with Crippen molar-refractivity contribution in [3.05, 3.63) is 11.6 Å². The molecule has 0 aromatic heterocycles. The third-order valence-corrected chi connectivity index (χ3v) is 6.20. The number of hydrogen-bond acceptors (Lipinski definition) is 2. The Kier molecular flexibility index (Phi) is 14.5. The quantitative estimate of drug-likeness (QED) is 0.154. The highest BCUT2D eigenvalue weighted by Gasteiger charge is 2.30. The molecule has 1 saturated heterocycles. The van der Waals surface area contributed by atoms with Gasteiger partial charge in [-0.1, -0.05) is 103 Å². The summed E-state index contributed by atoms with van der Waals surface area (Å²) >= 11 is 0. The number of cyclic esters (lactones) is 1. The fourth-order valence-electron chi connectivity index (χ4n) is 4.33. The number of hydrogen-bond donors (Lipinski definition) is 0. The van der Waals surface area contributed by atoms with Gasteiger partial charge in [0.2, 0.25) is 0 Å². The summed E-state index contributed by atoms with van der Waals surface area (Å²) in [4.78, 5) is 12.2. The lowest BCUT2D eigenvalue weighted by Crippen LogP contribution is -2.32. The molecule has 0 radical (unpaired) electrons. The average Bonchev–Trinajstić information content (AvgIpc) is 2.68. The molecule has 2 atom stereocenters. The zero-order valence-electron chi connectivity index (χ0n) is 18.6. The Morgan fingerprint density at radius 1 is 0.852 bits per heavy atom. The first kappa shape index (κ1) is 24.2. The molecular weight excluding hydrogens is 332 g/mol. The van der Waals surface area contributed by atoms with Crippen molar-refractivity contribution in [1.82, 2.24) is 0 Å². The smallest absolute Gasteiger partial charge is 0.333 e. The van der Waals surface area contributed by atoms with Crippen LogP contribution in [0.2, 0.25) is 0 Å². The van der Waals surface area contributed by atoms with Gasteiger partial charge in [0.1, 0.15) is 6.10 Å². The normalized spacial score (nSPS) is 20.0. The van der Waals surface area contributed by atoms with Crippen LogP contribution < -0.4 is 0 Å². The maximum absolute atomic E-state index is 12.2. The van der Waals surface area contributed by atoms with Crippen molar-refractivity contribution in [3.63, 3.8) is 0 Å². The molecule has 158 valence electrons. The number of carbonyl (C=O) groups is 1. The SMILES string of the molecule is C/C=C1\CCC(C(CCCCCCCC)CCCCCCCCC)OC1=O. The van der Waals surface area contributed by atoms with E-state index in [4.69, 9.17) is 4.74 Å². The summed E-state index contributed by atoms with van der Waals surface area (Å²) in [6, 6.07) is 0. The number of ether oxygens (including phenoxy) is 1. The van der Waals surface area contributed by atoms with Gasteiger partial charge in [0.15, 0.2) is 0 Å². The van der Waals surface area contributed by atoms with E-state index in [2.05, 4.69) is 13.8 Å². The second kappa shape index (κ2) is 16.2. The molecule has 0 saturated carbocycles. The Morgan fingerprint density at radius 3 is 1.78 bits per heavy atom. The van der Waals surface area contributed by atoms with Crippen LogP contribution in [0.3, 0.4) is 0 Å². The Morgan fingerprint density at radius 2 is 1.33 bits per heavy atom. The zero-order chi connectivity index (χ0) is 19.7. The Labute approximate surface area is 169 Å². The summed E-state index contributed by atoms with van der Waals surface area (Å²) in [5.74, 6) is 0.524. The van der Waals surface area contributed by atoms with Crippen LogP contribution in [-0.4, -0.2) is 12.1 Å². The largest absolute Gasteiger partial charge is 0.459 e. The van der Waals surface area contributed by atoms with Crippen LogP contribution in [0.5, 0.6) is 0 Å². The van der Waals surface area contributed by atoms with Gasteiger partial charge in [-0.25, -0.2) is 4.79 Å². The van der Waals surface area contributed by atoms with Gasteiger partial charge in [-0.15, -0.1) is 0 Å². The van der Waals surface area contributed by atoms with E-state index in [9.17, 15) is 4.79 Å². The van der Waals surface area contributed by atoms with Crippen molar-refractivity contribution in [2.45, 2.75) is 136 Å². The summed E-state index contributed by atoms with van der Waals surface area (Å²) in [5, 5.41) is 0. The molecule has 1 aliphatic rings. The maximum atomic E-state index is 12.2. The molecule has 2 heteroatoms. The molecule has 0 N–H and O–H groups in total. The Hall–Kier alpha value is -0.790. The molecule has 1 heterocycles. The minimum atomic E-state index is -0.0544. The molecular formula is C25H46O2. The first-order chi connectivity index (χ1) is 13.2. The lowest BCUT2D eigenvalue weighted by atomic mass is 9.85. The predicted molar refractivity (Wildman–Crippen MR) is 117 cm³/mol. The van der Waals surface area contributed by atoms with Crippen molar-refractivity contribution in [1.29, 1.82) is 0 Å². The van der Waals surface area contributed by atoms with Crippen LogP contribution in [0.15, 0.2) is 11.6 Å². The fraction of sp³-hybridized carbons (Fsp3) is 0.880. The van der Waals surface area contributed by atoms with Gasteiger partial charge in [0.05, 0.1) is 0 Å². The summed E-state index contributed by atoms with van der Waals surface area (Å²) in [5.41, 5.74) is 0.875. The van der Waals surface area contributed by atoms with Crippen molar-refractivity contribution < 1.29 is 9.53 Å². The van der Waals surface area contributed by atoms with Gasteiger partial charge >= 0.3 is 5.97 Å². The van der Waals surface area contributed by atoms with Crippen LogP contribution >= 0.6 is 0 Å². The average molecular weight is 379 g/mol. The molecule has 2 unspecified atom stereocenters. The molecule has 1 rings (SSSR count). The molecule has 0 bridgehead atoms. The molecule has 27 heavy (non-hydrogen) atoms. The number of esters is 1. The number of rotatable bonds is 16. The molecule has 1 aliphatic heterocycles. The van der Waals surface area contributed by atoms with Crippen LogP contribution in [0, 0.1) is 5.92 Å². The van der Waals surface area contributed by atoms with E-state index in [1.165, 1.54) is 96.3 Å². The lowest BCUT2D eigenvalue weighted by Gasteiger charge is -2.31. The van der Waals surface area contributed by atoms with E-state index in [0.29, 0.717) is 5.92 Å². The maximum Gasteiger partial charge on any atom is 0.333 e. The second-order valence-corrected chi connectivity index (χ2v) is 8.52. The van der Waals surface area contributed by atoms with Crippen molar-refractivity contribution in [3.8, 4) is 0 Å². The van der Waals surface area contributed by atoms with E-state index in [1.807, 2.05) is 13.0 Å². The van der Waals surface area contributed by atoms with Gasteiger partial charge in [-0.05, 0) is 38.5 Å². The van der Waals surface area contributed by atoms with Gasteiger partial charge in [0.25, 0.3) is 0 Å². The third-order valence-electron chi connectivity index (χ3n) is 6.20. The van der Waals surface area contributed by atoms with Gasteiger partial charge < -0.3 is 4.74 Å². The Bertz CT molecular complexity index is 399. The standard InChI is InChI=1S/C25H46O2/c1-4-7-9-11-13-15-17-19-23(18-16-14-12-10-8-5-2)24-21-20-22(6-3)25(26)27-24/h6,23-24H,4-5,7-21H2,1-3H3/b22-6+. The molecule has 0 aromatic carbocycles. The van der Waals surface area contributed by atoms with Crippen molar-refractivity contribution in [2.24, 2.45) is 5.92 Å². The first-order valence-corrected chi connectivity index (χ1v) is 12.1.